The van der Waals surface area contributed by atoms with Gasteiger partial charge in [-0.15, -0.1) is 0 Å². The zero-order valence-electron chi connectivity index (χ0n) is 16.6. The molecule has 0 spiro atoms. The Hall–Kier alpha value is -2.42. The maximum atomic E-state index is 11.6. The van der Waals surface area contributed by atoms with Gasteiger partial charge in [0.1, 0.15) is 6.10 Å². The lowest BCUT2D eigenvalue weighted by molar-refractivity contribution is -0.139. The Bertz CT molecular complexity index is 731. The van der Waals surface area contributed by atoms with Crippen molar-refractivity contribution in [3.63, 3.8) is 0 Å². The number of hydrogen-bond acceptors (Lipinski definition) is 6. The Morgan fingerprint density at radius 1 is 1.28 bits per heavy atom. The smallest absolute Gasteiger partial charge is 0.370 e. The number of hydrogen-bond donors (Lipinski definition) is 3. The number of ether oxygens (including phenoxy) is 2. The van der Waals surface area contributed by atoms with Gasteiger partial charge in [-0.2, -0.15) is 0 Å². The van der Waals surface area contributed by atoms with Crippen molar-refractivity contribution in [1.29, 1.82) is 0 Å². The molecule has 0 aromatic heterocycles. The summed E-state index contributed by atoms with van der Waals surface area (Å²) in [6.07, 6.45) is 2.80. The minimum atomic E-state index is -1.15. The van der Waals surface area contributed by atoms with E-state index in [-0.39, 0.29) is 17.8 Å². The monoisotopic (exact) mass is 403 g/mol. The summed E-state index contributed by atoms with van der Waals surface area (Å²) in [5, 5.41) is 12.1. The van der Waals surface area contributed by atoms with E-state index >= 15 is 0 Å². The molecule has 1 fully saturated rings. The quantitative estimate of drug-likeness (QED) is 0.619. The number of nitrogens with zero attached hydrogens (tertiary/aromatic N) is 1. The molecule has 1 saturated heterocycles. The lowest BCUT2D eigenvalue weighted by Crippen LogP contribution is -2.59. The average Bonchev–Trinajstić information content (AvgIpc) is 2.70. The number of likely N-dealkylation sites (tertiary alicyclic amines) is 1. The molecule has 0 unspecified atom stereocenters. The zero-order valence-corrected chi connectivity index (χ0v) is 16.6. The summed E-state index contributed by atoms with van der Waals surface area (Å²) in [5.41, 5.74) is 7.25. The van der Waals surface area contributed by atoms with E-state index in [1.807, 2.05) is 18.2 Å². The van der Waals surface area contributed by atoms with E-state index in [0.717, 1.165) is 31.5 Å². The second kappa shape index (κ2) is 9.87. The summed E-state index contributed by atoms with van der Waals surface area (Å²) in [6, 6.07) is 9.00. The molecule has 3 rings (SSSR count). The Kier molecular flexibility index (Phi) is 7.24. The van der Waals surface area contributed by atoms with Crippen LogP contribution in [0.5, 0.6) is 0 Å². The van der Waals surface area contributed by atoms with Gasteiger partial charge < -0.3 is 25.6 Å². The van der Waals surface area contributed by atoms with Gasteiger partial charge in [-0.25, -0.2) is 4.79 Å². The highest BCUT2D eigenvalue weighted by Crippen LogP contribution is 2.22. The predicted molar refractivity (Wildman–Crippen MR) is 107 cm³/mol. The first-order chi connectivity index (χ1) is 13.9. The number of aliphatic carboxylic acids is 1. The molecule has 158 valence electrons. The van der Waals surface area contributed by atoms with E-state index in [1.165, 1.54) is 13.0 Å². The van der Waals surface area contributed by atoms with Gasteiger partial charge in [0.2, 0.25) is 11.7 Å². The van der Waals surface area contributed by atoms with Crippen LogP contribution in [0.4, 0.5) is 0 Å². The van der Waals surface area contributed by atoms with E-state index in [2.05, 4.69) is 22.3 Å². The van der Waals surface area contributed by atoms with Crippen molar-refractivity contribution >= 4 is 11.9 Å². The van der Waals surface area contributed by atoms with Crippen LogP contribution in [0.2, 0.25) is 0 Å². The highest BCUT2D eigenvalue weighted by Gasteiger charge is 2.37. The number of amides is 1. The second-order valence-corrected chi connectivity index (χ2v) is 7.59. The summed E-state index contributed by atoms with van der Waals surface area (Å²) in [4.78, 5) is 25.1. The third-order valence-electron chi connectivity index (χ3n) is 5.32. The van der Waals surface area contributed by atoms with Crippen molar-refractivity contribution in [2.24, 2.45) is 5.73 Å². The summed E-state index contributed by atoms with van der Waals surface area (Å²) < 4.78 is 11.7. The van der Waals surface area contributed by atoms with Gasteiger partial charge in [-0.1, -0.05) is 30.3 Å². The first-order valence-electron chi connectivity index (χ1n) is 9.94. The summed E-state index contributed by atoms with van der Waals surface area (Å²) in [7, 11) is 0. The molecule has 0 aliphatic carbocycles. The van der Waals surface area contributed by atoms with E-state index < -0.39 is 24.2 Å². The van der Waals surface area contributed by atoms with Crippen LogP contribution in [0.1, 0.15) is 25.3 Å². The fraction of sp³-hybridized carbons (Fsp3) is 0.524. The molecule has 0 radical (unpaired) electrons. The van der Waals surface area contributed by atoms with Gasteiger partial charge in [-0.05, 0) is 24.5 Å². The lowest BCUT2D eigenvalue weighted by atomic mass is 9.97. The molecule has 2 heterocycles. The molecule has 1 amide bonds. The maximum Gasteiger partial charge on any atom is 0.370 e. The van der Waals surface area contributed by atoms with Crippen molar-refractivity contribution in [1.82, 2.24) is 10.2 Å². The van der Waals surface area contributed by atoms with Gasteiger partial charge in [0.15, 0.2) is 0 Å². The van der Waals surface area contributed by atoms with E-state index in [0.29, 0.717) is 13.2 Å². The molecule has 3 atom stereocenters. The minimum absolute atomic E-state index is 0.162. The van der Waals surface area contributed by atoms with Crippen molar-refractivity contribution in [2.45, 2.75) is 50.7 Å². The molecule has 2 aliphatic heterocycles. The van der Waals surface area contributed by atoms with Crippen molar-refractivity contribution in [2.75, 3.05) is 19.6 Å². The summed E-state index contributed by atoms with van der Waals surface area (Å²) in [6.45, 7) is 4.13. The molecule has 0 bridgehead atoms. The number of carbonyl (C=O) groups excluding carboxylic acids is 1. The number of benzene rings is 1. The molecule has 8 nitrogen and oxygen atoms in total. The highest BCUT2D eigenvalue weighted by atomic mass is 16.5. The van der Waals surface area contributed by atoms with Gasteiger partial charge in [-0.3, -0.25) is 9.69 Å². The number of nitrogens with one attached hydrogen (secondary N) is 1. The molecule has 1 aromatic carbocycles. The van der Waals surface area contributed by atoms with Crippen LogP contribution in [-0.2, 0) is 25.7 Å². The van der Waals surface area contributed by atoms with Crippen LogP contribution in [0.15, 0.2) is 42.2 Å². The Morgan fingerprint density at radius 3 is 2.59 bits per heavy atom. The Balaban J connectivity index is 1.52. The number of rotatable bonds is 7. The number of carboxylic acids is 1. The molecule has 29 heavy (non-hydrogen) atoms. The normalized spacial score (nSPS) is 25.7. The first-order valence-corrected chi connectivity index (χ1v) is 9.94. The lowest BCUT2D eigenvalue weighted by Gasteiger charge is -2.39. The standard InChI is InChI=1S/C21H29N3O5/c1-14(25)23-20-17(22)11-18(21(26)27)29-19(20)12-24-9-7-16(8-10-24)28-13-15-5-3-2-4-6-15/h2-6,11,16-17,19-20H,7-10,12-13,22H2,1H3,(H,23,25)(H,26,27)/t17-,19-,20+/m0/s1. The molecule has 1 aromatic rings. The van der Waals surface area contributed by atoms with Crippen LogP contribution in [0, 0.1) is 0 Å². The fourth-order valence-electron chi connectivity index (χ4n) is 3.80. The topological polar surface area (TPSA) is 114 Å². The predicted octanol–water partition coefficient (Wildman–Crippen LogP) is 0.867. The summed E-state index contributed by atoms with van der Waals surface area (Å²) in [5.74, 6) is -1.54. The molecular weight excluding hydrogens is 374 g/mol. The molecule has 0 saturated carbocycles. The average molecular weight is 403 g/mol. The Morgan fingerprint density at radius 2 is 1.97 bits per heavy atom. The molecule has 2 aliphatic rings. The molecule has 4 N–H and O–H groups in total. The van der Waals surface area contributed by atoms with E-state index in [1.54, 1.807) is 0 Å². The van der Waals surface area contributed by atoms with Crippen LogP contribution < -0.4 is 11.1 Å². The number of nitrogens with two attached hydrogens (primary N) is 1. The van der Waals surface area contributed by atoms with Crippen molar-refractivity contribution < 1.29 is 24.2 Å². The number of carboxylic acid groups (broad SMARTS) is 1. The largest absolute Gasteiger partial charge is 0.480 e. The van der Waals surface area contributed by atoms with Crippen molar-refractivity contribution in [3.8, 4) is 0 Å². The van der Waals surface area contributed by atoms with Crippen LogP contribution in [0.3, 0.4) is 0 Å². The number of piperidine rings is 1. The van der Waals surface area contributed by atoms with Gasteiger partial charge in [0.05, 0.1) is 24.8 Å². The Labute approximate surface area is 170 Å². The fourth-order valence-corrected chi connectivity index (χ4v) is 3.80. The van der Waals surface area contributed by atoms with Gasteiger partial charge in [0.25, 0.3) is 0 Å². The van der Waals surface area contributed by atoms with Gasteiger partial charge >= 0.3 is 5.97 Å². The SMILES string of the molecule is CC(=O)N[C@H]1[C@H](CN2CCC(OCc3ccccc3)CC2)OC(C(=O)O)=C[C@@H]1N. The van der Waals surface area contributed by atoms with E-state index in [9.17, 15) is 14.7 Å². The zero-order chi connectivity index (χ0) is 20.8. The molecular formula is C21H29N3O5. The molecule has 8 heteroatoms. The first kappa shape index (κ1) is 21.3. The van der Waals surface area contributed by atoms with Crippen LogP contribution in [-0.4, -0.2) is 65.8 Å². The minimum Gasteiger partial charge on any atom is -0.480 e. The number of carbonyl (C=O) groups is 2. The third-order valence-corrected chi connectivity index (χ3v) is 5.32. The highest BCUT2D eigenvalue weighted by molar-refractivity contribution is 5.84. The van der Waals surface area contributed by atoms with Crippen molar-refractivity contribution in [3.05, 3.63) is 47.7 Å². The second-order valence-electron chi connectivity index (χ2n) is 7.59. The summed E-state index contributed by atoms with van der Waals surface area (Å²) >= 11 is 0. The van der Waals surface area contributed by atoms with Gasteiger partial charge in [0, 0.05) is 26.6 Å². The van der Waals surface area contributed by atoms with Crippen LogP contribution in [0.25, 0.3) is 0 Å². The maximum absolute atomic E-state index is 11.6. The van der Waals surface area contributed by atoms with E-state index in [4.69, 9.17) is 15.2 Å². The third kappa shape index (κ3) is 6.03. The van der Waals surface area contributed by atoms with Crippen LogP contribution >= 0.6 is 0 Å².